The molecule has 10 heteroatoms. The fraction of sp³-hybridized carbons (Fsp3) is 0.267. The summed E-state index contributed by atoms with van der Waals surface area (Å²) in [6, 6.07) is 8.15. The molecule has 0 radical (unpaired) electrons. The van der Waals surface area contributed by atoms with Crippen LogP contribution in [0.2, 0.25) is 0 Å². The van der Waals surface area contributed by atoms with E-state index in [1.807, 2.05) is 0 Å². The number of aromatic nitrogens is 4. The molecule has 0 unspecified atom stereocenters. The van der Waals surface area contributed by atoms with E-state index in [-0.39, 0.29) is 4.90 Å². The van der Waals surface area contributed by atoms with Crippen LogP contribution in [0.3, 0.4) is 0 Å². The fourth-order valence-electron chi connectivity index (χ4n) is 1.99. The second kappa shape index (κ2) is 7.38. The molecule has 25 heavy (non-hydrogen) atoms. The highest BCUT2D eigenvalue weighted by atomic mass is 32.2. The lowest BCUT2D eigenvalue weighted by molar-refractivity contribution is 0.343. The van der Waals surface area contributed by atoms with E-state index in [2.05, 4.69) is 15.1 Å². The van der Waals surface area contributed by atoms with Crippen molar-refractivity contribution in [2.75, 3.05) is 26.5 Å². The van der Waals surface area contributed by atoms with Crippen molar-refractivity contribution in [3.63, 3.8) is 0 Å². The number of thioether (sulfide) groups is 1. The van der Waals surface area contributed by atoms with Crippen LogP contribution < -0.4 is 4.74 Å². The maximum atomic E-state index is 12.0. The Hall–Kier alpha value is -2.17. The summed E-state index contributed by atoms with van der Waals surface area (Å²) in [6.45, 7) is 0.452. The van der Waals surface area contributed by atoms with Crippen molar-refractivity contribution in [2.24, 2.45) is 0 Å². The van der Waals surface area contributed by atoms with Crippen molar-refractivity contribution in [1.29, 1.82) is 0 Å². The third-order valence-corrected chi connectivity index (χ3v) is 5.91. The van der Waals surface area contributed by atoms with Gasteiger partial charge in [0, 0.05) is 32.2 Å². The van der Waals surface area contributed by atoms with E-state index < -0.39 is 10.0 Å². The first-order valence-corrected chi connectivity index (χ1v) is 9.85. The maximum Gasteiger partial charge on any atom is 0.253 e. The van der Waals surface area contributed by atoms with Gasteiger partial charge in [0.05, 0.1) is 11.5 Å². The van der Waals surface area contributed by atoms with Crippen LogP contribution in [0.1, 0.15) is 0 Å². The lowest BCUT2D eigenvalue weighted by Crippen LogP contribution is -2.22. The lowest BCUT2D eigenvalue weighted by Gasteiger charge is -2.12. The molecule has 0 fully saturated rings. The topological polar surface area (TPSA) is 89.7 Å². The first-order valence-electron chi connectivity index (χ1n) is 7.42. The summed E-state index contributed by atoms with van der Waals surface area (Å²) in [7, 11) is -0.419. The Morgan fingerprint density at radius 1 is 1.24 bits per heavy atom. The van der Waals surface area contributed by atoms with Gasteiger partial charge >= 0.3 is 0 Å². The number of benzene rings is 1. The summed E-state index contributed by atoms with van der Waals surface area (Å²) in [6.07, 6.45) is 3.46. The molecule has 3 rings (SSSR count). The van der Waals surface area contributed by atoms with Crippen LogP contribution in [0.25, 0.3) is 5.78 Å². The second-order valence-corrected chi connectivity index (χ2v) is 8.43. The molecule has 0 spiro atoms. The first-order chi connectivity index (χ1) is 12.0. The van der Waals surface area contributed by atoms with Crippen molar-refractivity contribution in [1.82, 2.24) is 23.9 Å². The molecule has 0 amide bonds. The minimum Gasteiger partial charge on any atom is -0.493 e. The Bertz CT molecular complexity index is 922. The predicted octanol–water partition coefficient (Wildman–Crippen LogP) is 1.55. The zero-order chi connectivity index (χ0) is 17.9. The highest BCUT2D eigenvalue weighted by Gasteiger charge is 2.16. The molecule has 3 aromatic rings. The molecule has 8 nitrogen and oxygen atoms in total. The number of hydrogen-bond acceptors (Lipinski definition) is 7. The average Bonchev–Trinajstić information content (AvgIpc) is 3.02. The van der Waals surface area contributed by atoms with Crippen LogP contribution in [0.15, 0.2) is 52.8 Å². The molecule has 0 atom stereocenters. The van der Waals surface area contributed by atoms with E-state index in [9.17, 15) is 8.42 Å². The van der Waals surface area contributed by atoms with Gasteiger partial charge in [-0.3, -0.25) is 0 Å². The van der Waals surface area contributed by atoms with Gasteiger partial charge in [0.15, 0.2) is 0 Å². The SMILES string of the molecule is CN(C)S(=O)(=O)c1ccc(OCCSc2nc3ncccn3n2)cc1. The molecule has 0 bridgehead atoms. The monoisotopic (exact) mass is 379 g/mol. The van der Waals surface area contributed by atoms with Crippen molar-refractivity contribution in [3.05, 3.63) is 42.7 Å². The van der Waals surface area contributed by atoms with Gasteiger partial charge in [-0.05, 0) is 30.3 Å². The molecule has 2 aromatic heterocycles. The zero-order valence-electron chi connectivity index (χ0n) is 13.7. The Labute approximate surface area is 149 Å². The molecule has 0 aliphatic carbocycles. The Morgan fingerprint density at radius 2 is 2.00 bits per heavy atom. The van der Waals surface area contributed by atoms with E-state index >= 15 is 0 Å². The minimum absolute atomic E-state index is 0.237. The van der Waals surface area contributed by atoms with E-state index in [4.69, 9.17) is 4.74 Å². The van der Waals surface area contributed by atoms with Crippen LogP contribution >= 0.6 is 11.8 Å². The van der Waals surface area contributed by atoms with Gasteiger partial charge in [0.25, 0.3) is 5.78 Å². The molecule has 1 aromatic carbocycles. The summed E-state index contributed by atoms with van der Waals surface area (Å²) in [5, 5.41) is 4.93. The summed E-state index contributed by atoms with van der Waals surface area (Å²) in [4.78, 5) is 8.64. The normalized spacial score (nSPS) is 12.0. The minimum atomic E-state index is -3.42. The molecule has 2 heterocycles. The molecule has 0 saturated heterocycles. The molecule has 0 aliphatic rings. The van der Waals surface area contributed by atoms with Gasteiger partial charge in [-0.1, -0.05) is 11.8 Å². The average molecular weight is 379 g/mol. The Balaban J connectivity index is 1.52. The van der Waals surface area contributed by atoms with Gasteiger partial charge in [-0.2, -0.15) is 4.98 Å². The molecule has 132 valence electrons. The highest BCUT2D eigenvalue weighted by Crippen LogP contribution is 2.19. The van der Waals surface area contributed by atoms with E-state index in [0.717, 1.165) is 0 Å². The first kappa shape index (κ1) is 17.6. The van der Waals surface area contributed by atoms with Gasteiger partial charge in [-0.15, -0.1) is 5.10 Å². The number of hydrogen-bond donors (Lipinski definition) is 0. The van der Waals surface area contributed by atoms with Crippen LogP contribution in [0.5, 0.6) is 5.75 Å². The molecule has 0 saturated carbocycles. The lowest BCUT2D eigenvalue weighted by atomic mass is 10.3. The third-order valence-electron chi connectivity index (χ3n) is 3.28. The number of fused-ring (bicyclic) bond motifs is 1. The third kappa shape index (κ3) is 4.09. The van der Waals surface area contributed by atoms with Crippen molar-refractivity contribution < 1.29 is 13.2 Å². The van der Waals surface area contributed by atoms with Crippen LogP contribution in [0, 0.1) is 0 Å². The van der Waals surface area contributed by atoms with E-state index in [1.165, 1.54) is 42.3 Å². The van der Waals surface area contributed by atoms with Gasteiger partial charge in [-0.25, -0.2) is 22.2 Å². The van der Waals surface area contributed by atoms with Gasteiger partial charge in [0.2, 0.25) is 15.2 Å². The van der Waals surface area contributed by atoms with Crippen LogP contribution in [-0.4, -0.2) is 58.8 Å². The van der Waals surface area contributed by atoms with Crippen molar-refractivity contribution in [2.45, 2.75) is 10.1 Å². The summed E-state index contributed by atoms with van der Waals surface area (Å²) in [5.74, 6) is 1.83. The summed E-state index contributed by atoms with van der Waals surface area (Å²) < 4.78 is 32.4. The Kier molecular flexibility index (Phi) is 5.21. The molecular weight excluding hydrogens is 362 g/mol. The van der Waals surface area contributed by atoms with Crippen LogP contribution in [-0.2, 0) is 10.0 Å². The van der Waals surface area contributed by atoms with Crippen molar-refractivity contribution >= 4 is 27.6 Å². The largest absolute Gasteiger partial charge is 0.493 e. The summed E-state index contributed by atoms with van der Waals surface area (Å²) in [5.41, 5.74) is 0. The molecule has 0 N–H and O–H groups in total. The smallest absolute Gasteiger partial charge is 0.253 e. The highest BCUT2D eigenvalue weighted by molar-refractivity contribution is 7.99. The number of nitrogens with zero attached hydrogens (tertiary/aromatic N) is 5. The molecular formula is C15H17N5O3S2. The van der Waals surface area contributed by atoms with Crippen LogP contribution in [0.4, 0.5) is 0 Å². The number of sulfonamides is 1. The van der Waals surface area contributed by atoms with E-state index in [0.29, 0.717) is 29.0 Å². The number of rotatable bonds is 7. The Morgan fingerprint density at radius 3 is 2.68 bits per heavy atom. The van der Waals surface area contributed by atoms with Gasteiger partial charge < -0.3 is 4.74 Å². The van der Waals surface area contributed by atoms with Crippen molar-refractivity contribution in [3.8, 4) is 5.75 Å². The summed E-state index contributed by atoms with van der Waals surface area (Å²) >= 11 is 1.47. The fourth-order valence-corrected chi connectivity index (χ4v) is 3.53. The number of ether oxygens (including phenoxy) is 1. The quantitative estimate of drug-likeness (QED) is 0.454. The second-order valence-electron chi connectivity index (χ2n) is 5.21. The maximum absolute atomic E-state index is 12.0. The van der Waals surface area contributed by atoms with E-state index in [1.54, 1.807) is 35.1 Å². The zero-order valence-corrected chi connectivity index (χ0v) is 15.4. The molecule has 0 aliphatic heterocycles. The predicted molar refractivity (Wildman–Crippen MR) is 94.3 cm³/mol. The van der Waals surface area contributed by atoms with Gasteiger partial charge in [0.1, 0.15) is 5.75 Å². The standard InChI is InChI=1S/C15H17N5O3S2/c1-19(2)25(21,22)13-6-4-12(5-7-13)23-10-11-24-15-17-14-16-8-3-9-20(14)18-15/h3-9H,10-11H2,1-2H3.